The minimum Gasteiger partial charge on any atom is -0.351 e. The fraction of sp³-hybridized carbons (Fsp3) is 0.500. The number of nitrogens with one attached hydrogen (secondary N) is 1. The van der Waals surface area contributed by atoms with E-state index in [2.05, 4.69) is 5.32 Å². The second kappa shape index (κ2) is 9.81. The van der Waals surface area contributed by atoms with Crippen LogP contribution in [0.4, 0.5) is 0 Å². The zero-order valence-corrected chi connectivity index (χ0v) is 8.00. The number of carbonyl (C=O) groups is 1. The molecule has 0 aliphatic carbocycles. The van der Waals surface area contributed by atoms with Crippen LogP contribution in [0.15, 0.2) is 11.5 Å². The van der Waals surface area contributed by atoms with E-state index in [1.807, 2.05) is 6.26 Å². The number of hydrogen-bond donors (Lipinski definition) is 2. The largest absolute Gasteiger partial charge is 0.351 e. The first-order valence-corrected chi connectivity index (χ1v) is 4.27. The lowest BCUT2D eigenvalue weighted by molar-refractivity contribution is -0.116. The molecule has 0 aromatic rings. The number of hydrogen-bond acceptors (Lipinski definition) is 3. The highest BCUT2D eigenvalue weighted by molar-refractivity contribution is 8.01. The summed E-state index contributed by atoms with van der Waals surface area (Å²) >= 11 is 1.49. The van der Waals surface area contributed by atoms with E-state index in [0.717, 1.165) is 0 Å². The quantitative estimate of drug-likeness (QED) is 0.639. The molecule has 5 heteroatoms. The normalized spacial score (nSPS) is 9.27. The Bertz CT molecular complexity index is 130. The van der Waals surface area contributed by atoms with Crippen LogP contribution in [0.3, 0.4) is 0 Å². The summed E-state index contributed by atoms with van der Waals surface area (Å²) < 4.78 is 0. The van der Waals surface area contributed by atoms with Crippen LogP contribution in [0.2, 0.25) is 0 Å². The molecule has 0 aromatic heterocycles. The summed E-state index contributed by atoms with van der Waals surface area (Å²) in [5, 5.41) is 4.33. The number of amides is 1. The molecule has 0 saturated heterocycles. The van der Waals surface area contributed by atoms with E-state index in [1.165, 1.54) is 17.8 Å². The Balaban J connectivity index is 0. The van der Waals surface area contributed by atoms with Crippen molar-refractivity contribution in [1.82, 2.24) is 5.32 Å². The number of thioether (sulfide) groups is 1. The SMILES string of the molecule is CS/C=C/C(=O)NCCN.Cl. The summed E-state index contributed by atoms with van der Waals surface area (Å²) in [6.45, 7) is 1.02. The van der Waals surface area contributed by atoms with E-state index in [1.54, 1.807) is 5.41 Å². The molecular formula is C6H13ClN2OS. The molecule has 0 aliphatic rings. The maximum absolute atomic E-state index is 10.7. The van der Waals surface area contributed by atoms with Gasteiger partial charge in [0.15, 0.2) is 0 Å². The van der Waals surface area contributed by atoms with Crippen LogP contribution in [0, 0.1) is 0 Å². The molecule has 0 atom stereocenters. The fourth-order valence-corrected chi connectivity index (χ4v) is 0.644. The Morgan fingerprint density at radius 3 is 2.82 bits per heavy atom. The van der Waals surface area contributed by atoms with Gasteiger partial charge in [-0.2, -0.15) is 0 Å². The van der Waals surface area contributed by atoms with Gasteiger partial charge in [0, 0.05) is 19.2 Å². The Labute approximate surface area is 77.2 Å². The third-order valence-corrected chi connectivity index (χ3v) is 1.21. The molecule has 3 N–H and O–H groups in total. The molecule has 0 rings (SSSR count). The number of carbonyl (C=O) groups excluding carboxylic acids is 1. The van der Waals surface area contributed by atoms with Crippen LogP contribution < -0.4 is 11.1 Å². The lowest BCUT2D eigenvalue weighted by atomic mass is 10.5. The van der Waals surface area contributed by atoms with Crippen LogP contribution in [-0.4, -0.2) is 25.3 Å². The van der Waals surface area contributed by atoms with Crippen molar-refractivity contribution in [2.24, 2.45) is 5.73 Å². The Kier molecular flexibility index (Phi) is 12.0. The average Bonchev–Trinajstić information content (AvgIpc) is 1.97. The highest BCUT2D eigenvalue weighted by Gasteiger charge is 1.89. The molecule has 0 fully saturated rings. The molecule has 0 radical (unpaired) electrons. The molecular weight excluding hydrogens is 184 g/mol. The van der Waals surface area contributed by atoms with E-state index in [9.17, 15) is 4.79 Å². The van der Waals surface area contributed by atoms with Crippen molar-refractivity contribution < 1.29 is 4.79 Å². The van der Waals surface area contributed by atoms with Crippen molar-refractivity contribution in [3.63, 3.8) is 0 Å². The van der Waals surface area contributed by atoms with Crippen molar-refractivity contribution in [1.29, 1.82) is 0 Å². The van der Waals surface area contributed by atoms with Gasteiger partial charge in [-0.25, -0.2) is 0 Å². The third kappa shape index (κ3) is 9.81. The summed E-state index contributed by atoms with van der Waals surface area (Å²) in [6, 6.07) is 0. The monoisotopic (exact) mass is 196 g/mol. The first kappa shape index (κ1) is 13.4. The van der Waals surface area contributed by atoms with Gasteiger partial charge < -0.3 is 11.1 Å². The van der Waals surface area contributed by atoms with Gasteiger partial charge in [0.1, 0.15) is 0 Å². The summed E-state index contributed by atoms with van der Waals surface area (Å²) in [5.74, 6) is -0.0835. The summed E-state index contributed by atoms with van der Waals surface area (Å²) in [7, 11) is 0. The molecule has 0 bridgehead atoms. The van der Waals surface area contributed by atoms with Gasteiger partial charge in [0.25, 0.3) is 0 Å². The Morgan fingerprint density at radius 2 is 2.36 bits per heavy atom. The molecule has 66 valence electrons. The minimum absolute atomic E-state index is 0. The van der Waals surface area contributed by atoms with Gasteiger partial charge in [-0.05, 0) is 11.7 Å². The van der Waals surface area contributed by atoms with Crippen molar-refractivity contribution in [3.05, 3.63) is 11.5 Å². The molecule has 0 saturated carbocycles. The van der Waals surface area contributed by atoms with Gasteiger partial charge in [-0.15, -0.1) is 24.2 Å². The highest BCUT2D eigenvalue weighted by Crippen LogP contribution is 1.91. The maximum Gasteiger partial charge on any atom is 0.244 e. The average molecular weight is 197 g/mol. The van der Waals surface area contributed by atoms with Crippen molar-refractivity contribution in [2.75, 3.05) is 19.3 Å². The van der Waals surface area contributed by atoms with Gasteiger partial charge in [0.2, 0.25) is 5.91 Å². The lowest BCUT2D eigenvalue weighted by Gasteiger charge is -1.95. The van der Waals surface area contributed by atoms with E-state index in [4.69, 9.17) is 5.73 Å². The minimum atomic E-state index is -0.0835. The Hall–Kier alpha value is -0.190. The molecule has 0 heterocycles. The van der Waals surface area contributed by atoms with Gasteiger partial charge in [0.05, 0.1) is 0 Å². The van der Waals surface area contributed by atoms with Crippen LogP contribution in [0.1, 0.15) is 0 Å². The van der Waals surface area contributed by atoms with Crippen LogP contribution >= 0.6 is 24.2 Å². The number of rotatable bonds is 4. The van der Waals surface area contributed by atoms with E-state index >= 15 is 0 Å². The number of nitrogens with two attached hydrogens (primary N) is 1. The molecule has 0 aromatic carbocycles. The topological polar surface area (TPSA) is 55.1 Å². The van der Waals surface area contributed by atoms with Gasteiger partial charge >= 0.3 is 0 Å². The van der Waals surface area contributed by atoms with E-state index in [-0.39, 0.29) is 18.3 Å². The molecule has 0 aliphatic heterocycles. The zero-order valence-electron chi connectivity index (χ0n) is 6.37. The van der Waals surface area contributed by atoms with Crippen LogP contribution in [0.5, 0.6) is 0 Å². The van der Waals surface area contributed by atoms with Gasteiger partial charge in [-0.1, -0.05) is 0 Å². The van der Waals surface area contributed by atoms with Crippen molar-refractivity contribution in [3.8, 4) is 0 Å². The second-order valence-electron chi connectivity index (χ2n) is 1.62. The first-order valence-electron chi connectivity index (χ1n) is 2.98. The first-order chi connectivity index (χ1) is 4.81. The molecule has 11 heavy (non-hydrogen) atoms. The van der Waals surface area contributed by atoms with Crippen molar-refractivity contribution >= 4 is 30.1 Å². The standard InChI is InChI=1S/C6H12N2OS.ClH/c1-10-5-2-6(9)8-4-3-7;/h2,5H,3-4,7H2,1H3,(H,8,9);1H/b5-2+;. The third-order valence-electron chi connectivity index (χ3n) is 0.799. The lowest BCUT2D eigenvalue weighted by Crippen LogP contribution is -2.27. The maximum atomic E-state index is 10.7. The predicted octanol–water partition coefficient (Wildman–Crippen LogP) is 0.360. The van der Waals surface area contributed by atoms with Crippen molar-refractivity contribution in [2.45, 2.75) is 0 Å². The van der Waals surface area contributed by atoms with Crippen LogP contribution in [0.25, 0.3) is 0 Å². The summed E-state index contributed by atoms with van der Waals surface area (Å²) in [6.07, 6.45) is 3.38. The molecule has 0 spiro atoms. The second-order valence-corrected chi connectivity index (χ2v) is 2.36. The molecule has 3 nitrogen and oxygen atoms in total. The predicted molar refractivity (Wildman–Crippen MR) is 52.0 cm³/mol. The zero-order chi connectivity index (χ0) is 7.82. The molecule has 0 unspecified atom stereocenters. The molecule has 1 amide bonds. The highest BCUT2D eigenvalue weighted by atomic mass is 35.5. The van der Waals surface area contributed by atoms with E-state index in [0.29, 0.717) is 13.1 Å². The fourth-order valence-electron chi connectivity index (χ4n) is 0.384. The Morgan fingerprint density at radius 1 is 1.73 bits per heavy atom. The smallest absolute Gasteiger partial charge is 0.244 e. The van der Waals surface area contributed by atoms with Crippen LogP contribution in [-0.2, 0) is 4.79 Å². The summed E-state index contributed by atoms with van der Waals surface area (Å²) in [5.41, 5.74) is 5.16. The van der Waals surface area contributed by atoms with E-state index < -0.39 is 0 Å². The summed E-state index contributed by atoms with van der Waals surface area (Å²) in [4.78, 5) is 10.7. The number of halogens is 1. The van der Waals surface area contributed by atoms with Gasteiger partial charge in [-0.3, -0.25) is 4.79 Å².